The Balaban J connectivity index is 1.87. The maximum Gasteiger partial charge on any atom is 0.223 e. The zero-order chi connectivity index (χ0) is 14.6. The van der Waals surface area contributed by atoms with Crippen molar-refractivity contribution in [2.24, 2.45) is 17.3 Å². The van der Waals surface area contributed by atoms with E-state index in [-0.39, 0.29) is 17.2 Å². The van der Waals surface area contributed by atoms with Gasteiger partial charge in [0.15, 0.2) is 0 Å². The Morgan fingerprint density at radius 3 is 2.65 bits per heavy atom. The summed E-state index contributed by atoms with van der Waals surface area (Å²) in [5.74, 6) is 0.903. The Bertz CT molecular complexity index is 438. The van der Waals surface area contributed by atoms with Crippen LogP contribution in [0.15, 0.2) is 30.3 Å². The van der Waals surface area contributed by atoms with Crippen molar-refractivity contribution < 1.29 is 4.79 Å². The molecule has 1 aromatic carbocycles. The fourth-order valence-electron chi connectivity index (χ4n) is 3.67. The van der Waals surface area contributed by atoms with Gasteiger partial charge in [-0.2, -0.15) is 0 Å². The molecule has 1 fully saturated rings. The van der Waals surface area contributed by atoms with Gasteiger partial charge < -0.3 is 5.32 Å². The molecule has 0 radical (unpaired) electrons. The molecule has 0 aliphatic heterocycles. The first kappa shape index (κ1) is 15.1. The van der Waals surface area contributed by atoms with Gasteiger partial charge in [-0.3, -0.25) is 4.79 Å². The second kappa shape index (κ2) is 6.43. The van der Waals surface area contributed by atoms with E-state index in [0.717, 1.165) is 19.4 Å². The third-order valence-electron chi connectivity index (χ3n) is 4.73. The minimum atomic E-state index is 0.133. The lowest BCUT2D eigenvalue weighted by atomic mass is 9.64. The molecule has 0 aromatic heterocycles. The molecule has 2 nitrogen and oxygen atoms in total. The number of amides is 1. The van der Waals surface area contributed by atoms with E-state index in [2.05, 4.69) is 38.2 Å². The van der Waals surface area contributed by atoms with Crippen molar-refractivity contribution in [3.8, 4) is 0 Å². The van der Waals surface area contributed by atoms with Crippen LogP contribution in [0, 0.1) is 17.3 Å². The predicted molar refractivity (Wildman–Crippen MR) is 83.4 cm³/mol. The third kappa shape index (κ3) is 3.62. The first-order valence-corrected chi connectivity index (χ1v) is 7.82. The lowest BCUT2D eigenvalue weighted by molar-refractivity contribution is -0.132. The van der Waals surface area contributed by atoms with E-state index in [1.807, 2.05) is 18.2 Å². The Morgan fingerprint density at radius 1 is 1.30 bits per heavy atom. The van der Waals surface area contributed by atoms with Crippen molar-refractivity contribution in [2.75, 3.05) is 6.54 Å². The molecule has 1 N–H and O–H groups in total. The smallest absolute Gasteiger partial charge is 0.223 e. The van der Waals surface area contributed by atoms with Crippen molar-refractivity contribution >= 4 is 5.91 Å². The number of rotatable bonds is 4. The molecule has 0 spiro atoms. The summed E-state index contributed by atoms with van der Waals surface area (Å²) in [5, 5.41) is 3.15. The standard InChI is InChI=1S/C18H27NO/c1-14-8-7-12-18(2,3)16(14)17(20)19-13-11-15-9-5-4-6-10-15/h4-6,9-10,14,16H,7-8,11-13H2,1-3H3,(H,19,20)/t14-,16?/m1/s1. The van der Waals surface area contributed by atoms with Gasteiger partial charge in [0, 0.05) is 12.5 Å². The van der Waals surface area contributed by atoms with E-state index < -0.39 is 0 Å². The van der Waals surface area contributed by atoms with Gasteiger partial charge in [-0.15, -0.1) is 0 Å². The van der Waals surface area contributed by atoms with E-state index in [1.54, 1.807) is 0 Å². The summed E-state index contributed by atoms with van der Waals surface area (Å²) in [6.45, 7) is 7.44. The maximum atomic E-state index is 12.5. The van der Waals surface area contributed by atoms with Crippen LogP contribution in [-0.4, -0.2) is 12.5 Å². The number of nitrogens with one attached hydrogen (secondary N) is 1. The summed E-state index contributed by atoms with van der Waals surface area (Å²) >= 11 is 0. The highest BCUT2D eigenvalue weighted by molar-refractivity contribution is 5.79. The van der Waals surface area contributed by atoms with Crippen LogP contribution in [0.3, 0.4) is 0 Å². The van der Waals surface area contributed by atoms with Gasteiger partial charge in [-0.25, -0.2) is 0 Å². The van der Waals surface area contributed by atoms with Crippen LogP contribution in [0.5, 0.6) is 0 Å². The van der Waals surface area contributed by atoms with Crippen molar-refractivity contribution in [3.05, 3.63) is 35.9 Å². The van der Waals surface area contributed by atoms with Gasteiger partial charge in [0.2, 0.25) is 5.91 Å². The molecule has 0 saturated heterocycles. The molecule has 0 heterocycles. The van der Waals surface area contributed by atoms with Crippen LogP contribution in [0.1, 0.15) is 45.6 Å². The largest absolute Gasteiger partial charge is 0.356 e. The topological polar surface area (TPSA) is 29.1 Å². The van der Waals surface area contributed by atoms with Gasteiger partial charge in [0.05, 0.1) is 0 Å². The molecular formula is C18H27NO. The summed E-state index contributed by atoms with van der Waals surface area (Å²) in [6.07, 6.45) is 4.50. The molecule has 2 atom stereocenters. The summed E-state index contributed by atoms with van der Waals surface area (Å²) in [7, 11) is 0. The van der Waals surface area contributed by atoms with E-state index in [4.69, 9.17) is 0 Å². The number of carbonyl (C=O) groups is 1. The molecule has 0 bridgehead atoms. The fraction of sp³-hybridized carbons (Fsp3) is 0.611. The van der Waals surface area contributed by atoms with Crippen molar-refractivity contribution in [1.29, 1.82) is 0 Å². The second-order valence-corrected chi connectivity index (χ2v) is 6.86. The molecule has 1 aliphatic rings. The van der Waals surface area contributed by atoms with Crippen molar-refractivity contribution in [2.45, 2.75) is 46.5 Å². The highest BCUT2D eigenvalue weighted by Crippen LogP contribution is 2.43. The molecule has 110 valence electrons. The van der Waals surface area contributed by atoms with Crippen LogP contribution in [0.2, 0.25) is 0 Å². The zero-order valence-corrected chi connectivity index (χ0v) is 13.0. The van der Waals surface area contributed by atoms with Gasteiger partial charge in [0.25, 0.3) is 0 Å². The van der Waals surface area contributed by atoms with E-state index in [1.165, 1.54) is 18.4 Å². The summed E-state index contributed by atoms with van der Waals surface area (Å²) in [4.78, 5) is 12.5. The van der Waals surface area contributed by atoms with Crippen molar-refractivity contribution in [3.63, 3.8) is 0 Å². The number of benzene rings is 1. The Hall–Kier alpha value is -1.31. The van der Waals surface area contributed by atoms with Crippen LogP contribution >= 0.6 is 0 Å². The maximum absolute atomic E-state index is 12.5. The molecule has 2 heteroatoms. The minimum Gasteiger partial charge on any atom is -0.356 e. The van der Waals surface area contributed by atoms with Gasteiger partial charge in [-0.05, 0) is 36.2 Å². The average molecular weight is 273 g/mol. The Labute approximate surface area is 123 Å². The quantitative estimate of drug-likeness (QED) is 0.888. The fourth-order valence-corrected chi connectivity index (χ4v) is 3.67. The lowest BCUT2D eigenvalue weighted by Crippen LogP contribution is -2.45. The van der Waals surface area contributed by atoms with Crippen molar-refractivity contribution in [1.82, 2.24) is 5.32 Å². The second-order valence-electron chi connectivity index (χ2n) is 6.86. The third-order valence-corrected chi connectivity index (χ3v) is 4.73. The first-order valence-electron chi connectivity index (χ1n) is 7.82. The molecular weight excluding hydrogens is 246 g/mol. The molecule has 2 rings (SSSR count). The van der Waals surface area contributed by atoms with E-state index in [9.17, 15) is 4.79 Å². The van der Waals surface area contributed by atoms with Gasteiger partial charge >= 0.3 is 0 Å². The predicted octanol–water partition coefficient (Wildman–Crippen LogP) is 3.81. The summed E-state index contributed by atoms with van der Waals surface area (Å²) in [5.41, 5.74) is 1.41. The van der Waals surface area contributed by atoms with E-state index >= 15 is 0 Å². The highest BCUT2D eigenvalue weighted by atomic mass is 16.1. The summed E-state index contributed by atoms with van der Waals surface area (Å²) < 4.78 is 0. The molecule has 20 heavy (non-hydrogen) atoms. The molecule has 1 unspecified atom stereocenters. The van der Waals surface area contributed by atoms with Gasteiger partial charge in [0.1, 0.15) is 0 Å². The van der Waals surface area contributed by atoms with Crippen LogP contribution in [-0.2, 0) is 11.2 Å². The normalized spacial score (nSPS) is 25.1. The average Bonchev–Trinajstić information content (AvgIpc) is 2.38. The molecule has 1 saturated carbocycles. The summed E-state index contributed by atoms with van der Waals surface area (Å²) in [6, 6.07) is 10.3. The Kier molecular flexibility index (Phi) is 4.85. The SMILES string of the molecule is C[C@@H]1CCCC(C)(C)C1C(=O)NCCc1ccccc1. The van der Waals surface area contributed by atoms with Gasteiger partial charge in [-0.1, -0.05) is 57.5 Å². The van der Waals surface area contributed by atoms with E-state index in [0.29, 0.717) is 5.92 Å². The van der Waals surface area contributed by atoms with Crippen LogP contribution in [0.25, 0.3) is 0 Å². The number of hydrogen-bond donors (Lipinski definition) is 1. The zero-order valence-electron chi connectivity index (χ0n) is 13.0. The minimum absolute atomic E-state index is 0.133. The monoisotopic (exact) mass is 273 g/mol. The number of hydrogen-bond acceptors (Lipinski definition) is 1. The molecule has 1 aromatic rings. The molecule has 1 aliphatic carbocycles. The van der Waals surface area contributed by atoms with Crippen LogP contribution < -0.4 is 5.32 Å². The Morgan fingerprint density at radius 2 is 2.00 bits per heavy atom. The van der Waals surface area contributed by atoms with Crippen LogP contribution in [0.4, 0.5) is 0 Å². The first-order chi connectivity index (χ1) is 9.50. The highest BCUT2D eigenvalue weighted by Gasteiger charge is 2.41. The molecule has 1 amide bonds. The lowest BCUT2D eigenvalue weighted by Gasteiger charge is -2.41. The number of carbonyl (C=O) groups excluding carboxylic acids is 1.